The Morgan fingerprint density at radius 1 is 1.23 bits per heavy atom. The van der Waals surface area contributed by atoms with Gasteiger partial charge in [0.15, 0.2) is 0 Å². The van der Waals surface area contributed by atoms with E-state index in [0.717, 1.165) is 39.0 Å². The second-order valence-corrected chi connectivity index (χ2v) is 8.26. The lowest BCUT2D eigenvalue weighted by atomic mass is 9.88. The van der Waals surface area contributed by atoms with E-state index in [0.29, 0.717) is 37.9 Å². The van der Waals surface area contributed by atoms with Crippen LogP contribution in [0.5, 0.6) is 5.88 Å². The molecule has 1 aromatic rings. The molecule has 10 heteroatoms. The van der Waals surface area contributed by atoms with Gasteiger partial charge in [0.1, 0.15) is 11.4 Å². The zero-order valence-corrected chi connectivity index (χ0v) is 17.7. The summed E-state index contributed by atoms with van der Waals surface area (Å²) in [6, 6.07) is 0.466. The summed E-state index contributed by atoms with van der Waals surface area (Å²) in [5.41, 5.74) is 9.89. The van der Waals surface area contributed by atoms with Gasteiger partial charge < -0.3 is 21.3 Å². The lowest BCUT2D eigenvalue weighted by Gasteiger charge is -2.44. The molecule has 2 heterocycles. The zero-order chi connectivity index (χ0) is 21.8. The molecule has 0 spiro atoms. The molecule has 10 nitrogen and oxygen atoms in total. The van der Waals surface area contributed by atoms with Crippen LogP contribution >= 0.6 is 0 Å². The summed E-state index contributed by atoms with van der Waals surface area (Å²) in [7, 11) is 0. The number of nitrogens with one attached hydrogen (secondary N) is 1. The second kappa shape index (κ2) is 9.76. The first-order valence-electron chi connectivity index (χ1n) is 10.9. The summed E-state index contributed by atoms with van der Waals surface area (Å²) in [4.78, 5) is 28.5. The third-order valence-electron chi connectivity index (χ3n) is 6.33. The minimum atomic E-state index is -0.674. The number of nitrogen functional groups attached to an aromatic ring is 1. The molecule has 3 rings (SSSR count). The fraction of sp³-hybridized carbons (Fsp3) is 0.750. The van der Waals surface area contributed by atoms with E-state index < -0.39 is 23.0 Å². The van der Waals surface area contributed by atoms with Crippen molar-refractivity contribution in [1.29, 1.82) is 5.41 Å². The minimum Gasteiger partial charge on any atom is -0.494 e. The molecule has 2 aliphatic rings. The van der Waals surface area contributed by atoms with Gasteiger partial charge in [-0.1, -0.05) is 13.3 Å². The molecule has 0 unspecified atom stereocenters. The Balaban J connectivity index is 1.87. The molecular formula is C20H34N6O4. The van der Waals surface area contributed by atoms with Crippen LogP contribution in [-0.2, 0) is 11.3 Å². The van der Waals surface area contributed by atoms with Crippen molar-refractivity contribution in [3.63, 3.8) is 0 Å². The van der Waals surface area contributed by atoms with Crippen molar-refractivity contribution in [2.45, 2.75) is 70.1 Å². The third kappa shape index (κ3) is 4.30. The fourth-order valence-electron chi connectivity index (χ4n) is 4.61. The number of rotatable bonds is 9. The maximum Gasteiger partial charge on any atom is 0.334 e. The lowest BCUT2D eigenvalue weighted by molar-refractivity contribution is -0.0840. The molecule has 1 saturated carbocycles. The molecule has 0 aromatic carbocycles. The summed E-state index contributed by atoms with van der Waals surface area (Å²) >= 11 is 0. The molecule has 168 valence electrons. The number of aromatic hydroxyl groups is 1. The molecule has 0 radical (unpaired) electrons. The molecule has 0 bridgehead atoms. The molecule has 6 N–H and O–H groups in total. The number of ether oxygens (including phenoxy) is 1. The van der Waals surface area contributed by atoms with E-state index in [1.165, 1.54) is 9.13 Å². The predicted molar refractivity (Wildman–Crippen MR) is 114 cm³/mol. The van der Waals surface area contributed by atoms with Crippen LogP contribution in [0, 0.1) is 5.41 Å². The first-order chi connectivity index (χ1) is 14.4. The molecule has 1 aliphatic heterocycles. The number of hydrogen-bond donors (Lipinski definition) is 4. The van der Waals surface area contributed by atoms with Gasteiger partial charge in [-0.15, -0.1) is 0 Å². The van der Waals surface area contributed by atoms with Crippen molar-refractivity contribution in [2.75, 3.05) is 26.3 Å². The van der Waals surface area contributed by atoms with E-state index in [2.05, 4.69) is 4.90 Å². The Bertz CT molecular complexity index is 867. The highest BCUT2D eigenvalue weighted by molar-refractivity contribution is 5.96. The van der Waals surface area contributed by atoms with Crippen LogP contribution in [0.4, 0.5) is 0 Å². The second-order valence-electron chi connectivity index (χ2n) is 8.26. The summed E-state index contributed by atoms with van der Waals surface area (Å²) in [5.74, 6) is -1.03. The van der Waals surface area contributed by atoms with Gasteiger partial charge in [-0.25, -0.2) is 4.79 Å². The lowest BCUT2D eigenvalue weighted by Crippen LogP contribution is -2.56. The fourth-order valence-corrected chi connectivity index (χ4v) is 4.61. The van der Waals surface area contributed by atoms with Crippen molar-refractivity contribution in [3.8, 4) is 5.88 Å². The van der Waals surface area contributed by atoms with Gasteiger partial charge >= 0.3 is 5.69 Å². The number of nitrogens with two attached hydrogens (primary N) is 2. The van der Waals surface area contributed by atoms with E-state index in [4.69, 9.17) is 21.6 Å². The van der Waals surface area contributed by atoms with Gasteiger partial charge in [-0.3, -0.25) is 24.2 Å². The molecule has 0 atom stereocenters. The smallest absolute Gasteiger partial charge is 0.334 e. The van der Waals surface area contributed by atoms with Crippen molar-refractivity contribution in [2.24, 2.45) is 11.5 Å². The molecule has 1 aliphatic carbocycles. The highest BCUT2D eigenvalue weighted by Gasteiger charge is 2.35. The topological polar surface area (TPSA) is 153 Å². The van der Waals surface area contributed by atoms with Crippen molar-refractivity contribution in [1.82, 2.24) is 14.0 Å². The highest BCUT2D eigenvalue weighted by Crippen LogP contribution is 2.32. The number of hydrogen-bond acceptors (Lipinski definition) is 7. The predicted octanol–water partition coefficient (Wildman–Crippen LogP) is -0.0570. The van der Waals surface area contributed by atoms with E-state index in [-0.39, 0.29) is 18.2 Å². The van der Waals surface area contributed by atoms with Crippen molar-refractivity contribution in [3.05, 3.63) is 26.4 Å². The molecule has 1 aromatic heterocycles. The van der Waals surface area contributed by atoms with Gasteiger partial charge in [0.05, 0.1) is 19.3 Å². The zero-order valence-electron chi connectivity index (χ0n) is 17.7. The van der Waals surface area contributed by atoms with Crippen LogP contribution in [0.2, 0.25) is 0 Å². The molecule has 30 heavy (non-hydrogen) atoms. The van der Waals surface area contributed by atoms with Gasteiger partial charge in [0.2, 0.25) is 5.88 Å². The van der Waals surface area contributed by atoms with Crippen LogP contribution < -0.4 is 22.7 Å². The van der Waals surface area contributed by atoms with E-state index in [9.17, 15) is 14.7 Å². The van der Waals surface area contributed by atoms with Crippen LogP contribution in [0.15, 0.2) is 9.59 Å². The number of aromatic nitrogens is 2. The Labute approximate surface area is 175 Å². The molecule has 2 fully saturated rings. The van der Waals surface area contributed by atoms with E-state index in [1.54, 1.807) is 0 Å². The van der Waals surface area contributed by atoms with Gasteiger partial charge in [-0.2, -0.15) is 0 Å². The Morgan fingerprint density at radius 2 is 1.90 bits per heavy atom. The average Bonchev–Trinajstić information content (AvgIpc) is 2.66. The van der Waals surface area contributed by atoms with Crippen molar-refractivity contribution >= 4 is 5.84 Å². The third-order valence-corrected chi connectivity index (χ3v) is 6.33. The minimum absolute atomic E-state index is 0.273. The van der Waals surface area contributed by atoms with Crippen LogP contribution in [0.3, 0.4) is 0 Å². The summed E-state index contributed by atoms with van der Waals surface area (Å²) < 4.78 is 7.73. The Kier molecular flexibility index (Phi) is 7.32. The van der Waals surface area contributed by atoms with Crippen molar-refractivity contribution < 1.29 is 9.84 Å². The summed E-state index contributed by atoms with van der Waals surface area (Å²) in [6.07, 6.45) is 4.53. The number of nitrogens with zero attached hydrogens (tertiary/aromatic N) is 3. The molecule has 0 amide bonds. The standard InChI is InChI=1S/C20H34N6O4/c1-2-3-9-25-18(27)16(17(22)23)19(28)26(20(25)29)14-6-4-13(5-7-14)24(10-8-21)15-11-30-12-15/h13-15,27H,2-12,21H2,1H3,(H3,22,23). The Hall–Kier alpha value is -2.17. The maximum absolute atomic E-state index is 13.1. The van der Waals surface area contributed by atoms with E-state index in [1.807, 2.05) is 6.92 Å². The average molecular weight is 423 g/mol. The molecule has 1 saturated heterocycles. The first-order valence-corrected chi connectivity index (χ1v) is 10.9. The number of amidine groups is 1. The van der Waals surface area contributed by atoms with Crippen LogP contribution in [0.25, 0.3) is 0 Å². The maximum atomic E-state index is 13.1. The van der Waals surface area contributed by atoms with Gasteiger partial charge in [0.25, 0.3) is 5.56 Å². The van der Waals surface area contributed by atoms with E-state index >= 15 is 0 Å². The normalized spacial score (nSPS) is 22.2. The summed E-state index contributed by atoms with van der Waals surface area (Å²) in [5, 5.41) is 18.2. The monoisotopic (exact) mass is 422 g/mol. The number of unbranched alkanes of at least 4 members (excludes halogenated alkanes) is 1. The SMILES string of the molecule is CCCCn1c(O)c(C(=N)N)c(=O)n(C2CCC(N(CCN)C3COC3)CC2)c1=O. The summed E-state index contributed by atoms with van der Waals surface area (Å²) in [6.45, 7) is 5.09. The van der Waals surface area contributed by atoms with Gasteiger partial charge in [-0.05, 0) is 32.1 Å². The first kappa shape index (κ1) is 22.5. The molecular weight excluding hydrogens is 388 g/mol. The van der Waals surface area contributed by atoms with Gasteiger partial charge in [0, 0.05) is 31.7 Å². The van der Waals surface area contributed by atoms with Crippen LogP contribution in [-0.4, -0.2) is 63.4 Å². The van der Waals surface area contributed by atoms with Crippen LogP contribution in [0.1, 0.15) is 57.1 Å². The quantitative estimate of drug-likeness (QED) is 0.321. The Morgan fingerprint density at radius 3 is 2.40 bits per heavy atom. The highest BCUT2D eigenvalue weighted by atomic mass is 16.5. The largest absolute Gasteiger partial charge is 0.494 e.